The molecule has 0 aromatic heterocycles. The second kappa shape index (κ2) is 4.09. The van der Waals surface area contributed by atoms with Crippen molar-refractivity contribution in [3.05, 3.63) is 0 Å². The minimum absolute atomic E-state index is 0.239. The Bertz CT molecular complexity index is 187. The van der Waals surface area contributed by atoms with Crippen LogP contribution in [-0.4, -0.2) is 24.5 Å². The highest BCUT2D eigenvalue weighted by atomic mass is 16.1. The number of amides is 1. The van der Waals surface area contributed by atoms with Crippen molar-refractivity contribution in [1.29, 1.82) is 0 Å². The summed E-state index contributed by atoms with van der Waals surface area (Å²) in [7, 11) is 0. The lowest BCUT2D eigenvalue weighted by Crippen LogP contribution is -2.53. The molecule has 2 heterocycles. The Hall–Kier alpha value is -0.570. The molecule has 3 heteroatoms. The number of piperidine rings is 2. The minimum atomic E-state index is 0.239. The minimum Gasteiger partial charge on any atom is -0.352 e. The summed E-state index contributed by atoms with van der Waals surface area (Å²) in [6.45, 7) is 1.12. The molecule has 2 rings (SSSR count). The molecule has 2 N–H and O–H groups in total. The number of carbonyl (C=O) groups is 1. The van der Waals surface area contributed by atoms with Gasteiger partial charge in [-0.3, -0.25) is 4.79 Å². The Morgan fingerprint density at radius 1 is 1.08 bits per heavy atom. The van der Waals surface area contributed by atoms with Crippen LogP contribution in [-0.2, 0) is 4.79 Å². The molecule has 1 amide bonds. The predicted molar refractivity (Wildman–Crippen MR) is 51.4 cm³/mol. The molecule has 3 nitrogen and oxygen atoms in total. The van der Waals surface area contributed by atoms with E-state index in [1.54, 1.807) is 0 Å². The van der Waals surface area contributed by atoms with Crippen LogP contribution in [0.1, 0.15) is 38.5 Å². The highest BCUT2D eigenvalue weighted by molar-refractivity contribution is 5.77. The topological polar surface area (TPSA) is 41.1 Å². The molecule has 0 radical (unpaired) electrons. The summed E-state index contributed by atoms with van der Waals surface area (Å²) in [5.41, 5.74) is 0. The zero-order chi connectivity index (χ0) is 9.10. The van der Waals surface area contributed by atoms with E-state index in [4.69, 9.17) is 0 Å². The van der Waals surface area contributed by atoms with Gasteiger partial charge in [-0.05, 0) is 32.2 Å². The second-order valence-corrected chi connectivity index (χ2v) is 4.12. The Morgan fingerprint density at radius 2 is 1.92 bits per heavy atom. The van der Waals surface area contributed by atoms with E-state index >= 15 is 0 Å². The van der Waals surface area contributed by atoms with E-state index in [9.17, 15) is 4.79 Å². The first-order valence-electron chi connectivity index (χ1n) is 5.39. The zero-order valence-electron chi connectivity index (χ0n) is 8.01. The van der Waals surface area contributed by atoms with E-state index < -0.39 is 0 Å². The molecule has 2 aliphatic heterocycles. The third-order valence-corrected chi connectivity index (χ3v) is 3.10. The largest absolute Gasteiger partial charge is 0.352 e. The van der Waals surface area contributed by atoms with Crippen molar-refractivity contribution in [3.63, 3.8) is 0 Å². The summed E-state index contributed by atoms with van der Waals surface area (Å²) in [5, 5.41) is 6.58. The molecule has 2 aliphatic rings. The zero-order valence-corrected chi connectivity index (χ0v) is 8.01. The van der Waals surface area contributed by atoms with Crippen LogP contribution in [0.5, 0.6) is 0 Å². The van der Waals surface area contributed by atoms with E-state index in [1.807, 2.05) is 0 Å². The average molecular weight is 182 g/mol. The lowest BCUT2D eigenvalue weighted by molar-refractivity contribution is -0.123. The van der Waals surface area contributed by atoms with E-state index in [1.165, 1.54) is 19.3 Å². The molecule has 0 bridgehead atoms. The van der Waals surface area contributed by atoms with Crippen molar-refractivity contribution in [2.24, 2.45) is 0 Å². The van der Waals surface area contributed by atoms with Gasteiger partial charge in [0.2, 0.25) is 5.91 Å². The quantitative estimate of drug-likeness (QED) is 0.629. The lowest BCUT2D eigenvalue weighted by atomic mass is 9.92. The molecular formula is C10H18N2O. The average Bonchev–Trinajstić information content (AvgIpc) is 2.19. The van der Waals surface area contributed by atoms with Crippen molar-refractivity contribution < 1.29 is 4.79 Å². The van der Waals surface area contributed by atoms with E-state index in [0.717, 1.165) is 25.8 Å². The van der Waals surface area contributed by atoms with E-state index in [0.29, 0.717) is 12.1 Å². The summed E-state index contributed by atoms with van der Waals surface area (Å²) >= 11 is 0. The van der Waals surface area contributed by atoms with Crippen LogP contribution in [0.2, 0.25) is 0 Å². The molecule has 2 atom stereocenters. The SMILES string of the molecule is O=C1CCC[C@H]([C@@H]2CCCCN2)N1. The standard InChI is InChI=1S/C10H18N2O/c13-10-6-3-5-9(12-10)8-4-1-2-7-11-8/h8-9,11H,1-7H2,(H,12,13)/t8-,9+/m0/s1. The van der Waals surface area contributed by atoms with Crippen LogP contribution >= 0.6 is 0 Å². The van der Waals surface area contributed by atoms with Crippen molar-refractivity contribution >= 4 is 5.91 Å². The van der Waals surface area contributed by atoms with Crippen LogP contribution < -0.4 is 10.6 Å². The van der Waals surface area contributed by atoms with Crippen molar-refractivity contribution in [1.82, 2.24) is 10.6 Å². The molecule has 0 saturated carbocycles. The number of hydrogen-bond acceptors (Lipinski definition) is 2. The Kier molecular flexibility index (Phi) is 2.83. The van der Waals surface area contributed by atoms with Gasteiger partial charge in [0, 0.05) is 18.5 Å². The number of rotatable bonds is 1. The Labute approximate surface area is 79.3 Å². The van der Waals surface area contributed by atoms with Crippen LogP contribution in [0.3, 0.4) is 0 Å². The predicted octanol–water partition coefficient (Wildman–Crippen LogP) is 0.797. The van der Waals surface area contributed by atoms with Crippen LogP contribution in [0.4, 0.5) is 0 Å². The molecular weight excluding hydrogens is 164 g/mol. The maximum atomic E-state index is 11.2. The molecule has 0 unspecified atom stereocenters. The molecule has 0 aromatic rings. The number of hydrogen-bond donors (Lipinski definition) is 2. The summed E-state index contributed by atoms with van der Waals surface area (Å²) < 4.78 is 0. The van der Waals surface area contributed by atoms with Gasteiger partial charge >= 0.3 is 0 Å². The maximum absolute atomic E-state index is 11.2. The highest BCUT2D eigenvalue weighted by Gasteiger charge is 2.26. The molecule has 2 saturated heterocycles. The number of carbonyl (C=O) groups excluding carboxylic acids is 1. The first kappa shape index (κ1) is 9.00. The van der Waals surface area contributed by atoms with Gasteiger partial charge in [-0.25, -0.2) is 0 Å². The van der Waals surface area contributed by atoms with Crippen LogP contribution in [0.25, 0.3) is 0 Å². The molecule has 13 heavy (non-hydrogen) atoms. The highest BCUT2D eigenvalue weighted by Crippen LogP contribution is 2.17. The van der Waals surface area contributed by atoms with Gasteiger partial charge in [0.05, 0.1) is 0 Å². The summed E-state index contributed by atoms with van der Waals surface area (Å²) in [6.07, 6.45) is 6.77. The Morgan fingerprint density at radius 3 is 2.62 bits per heavy atom. The summed E-state index contributed by atoms with van der Waals surface area (Å²) in [6, 6.07) is 0.944. The van der Waals surface area contributed by atoms with Gasteiger partial charge in [-0.2, -0.15) is 0 Å². The fourth-order valence-electron chi connectivity index (χ4n) is 2.36. The molecule has 2 fully saturated rings. The van der Waals surface area contributed by atoms with Crippen molar-refractivity contribution in [2.75, 3.05) is 6.54 Å². The smallest absolute Gasteiger partial charge is 0.220 e. The molecule has 74 valence electrons. The van der Waals surface area contributed by atoms with Gasteiger partial charge < -0.3 is 10.6 Å². The monoisotopic (exact) mass is 182 g/mol. The van der Waals surface area contributed by atoms with Gasteiger partial charge in [0.1, 0.15) is 0 Å². The van der Waals surface area contributed by atoms with Crippen molar-refractivity contribution in [2.45, 2.75) is 50.6 Å². The van der Waals surface area contributed by atoms with E-state index in [2.05, 4.69) is 10.6 Å². The molecule has 0 aliphatic carbocycles. The van der Waals surface area contributed by atoms with E-state index in [-0.39, 0.29) is 5.91 Å². The fourth-order valence-corrected chi connectivity index (χ4v) is 2.36. The fraction of sp³-hybridized carbons (Fsp3) is 0.900. The number of nitrogens with one attached hydrogen (secondary N) is 2. The van der Waals surface area contributed by atoms with Gasteiger partial charge in [-0.15, -0.1) is 0 Å². The summed E-state index contributed by atoms with van der Waals surface area (Å²) in [4.78, 5) is 11.2. The van der Waals surface area contributed by atoms with Crippen molar-refractivity contribution in [3.8, 4) is 0 Å². The normalized spacial score (nSPS) is 35.5. The first-order chi connectivity index (χ1) is 6.36. The third-order valence-electron chi connectivity index (χ3n) is 3.10. The third kappa shape index (κ3) is 2.21. The second-order valence-electron chi connectivity index (χ2n) is 4.12. The summed E-state index contributed by atoms with van der Waals surface area (Å²) in [5.74, 6) is 0.239. The van der Waals surface area contributed by atoms with Crippen LogP contribution in [0, 0.1) is 0 Å². The first-order valence-corrected chi connectivity index (χ1v) is 5.39. The molecule has 0 spiro atoms. The van der Waals surface area contributed by atoms with Gasteiger partial charge in [-0.1, -0.05) is 6.42 Å². The van der Waals surface area contributed by atoms with Gasteiger partial charge in [0.15, 0.2) is 0 Å². The van der Waals surface area contributed by atoms with Gasteiger partial charge in [0.25, 0.3) is 0 Å². The molecule has 0 aromatic carbocycles. The maximum Gasteiger partial charge on any atom is 0.220 e. The lowest BCUT2D eigenvalue weighted by Gasteiger charge is -2.34. The Balaban J connectivity index is 1.87. The van der Waals surface area contributed by atoms with Crippen LogP contribution in [0.15, 0.2) is 0 Å².